The molecule has 7 nitrogen and oxygen atoms in total. The van der Waals surface area contributed by atoms with Gasteiger partial charge in [0.05, 0.1) is 5.56 Å². The van der Waals surface area contributed by atoms with Gasteiger partial charge in [0.1, 0.15) is 11.5 Å². The average Bonchev–Trinajstić information content (AvgIpc) is 2.79. The Morgan fingerprint density at radius 3 is 1.62 bits per heavy atom. The fraction of sp³-hybridized carbons (Fsp3) is 0.300. The first kappa shape index (κ1) is 27.5. The van der Waals surface area contributed by atoms with E-state index in [0.717, 1.165) is 0 Å². The van der Waals surface area contributed by atoms with E-state index in [2.05, 4.69) is 10.6 Å². The third-order valence-electron chi connectivity index (χ3n) is 5.75. The number of amides is 2. The van der Waals surface area contributed by atoms with Crippen LogP contribution in [0, 0.1) is 0 Å². The number of esters is 1. The van der Waals surface area contributed by atoms with E-state index < -0.39 is 5.97 Å². The van der Waals surface area contributed by atoms with Crippen molar-refractivity contribution < 1.29 is 24.2 Å². The number of hydrogen-bond donors (Lipinski definition) is 3. The van der Waals surface area contributed by atoms with Crippen LogP contribution >= 0.6 is 0 Å². The zero-order chi connectivity index (χ0) is 27.5. The fourth-order valence-electron chi connectivity index (χ4n) is 3.78. The third-order valence-corrected chi connectivity index (χ3v) is 5.75. The van der Waals surface area contributed by atoms with Crippen LogP contribution in [-0.4, -0.2) is 22.9 Å². The molecule has 3 aromatic carbocycles. The van der Waals surface area contributed by atoms with Gasteiger partial charge in [-0.05, 0) is 71.5 Å². The van der Waals surface area contributed by atoms with E-state index in [4.69, 9.17) is 4.74 Å². The van der Waals surface area contributed by atoms with E-state index in [9.17, 15) is 19.5 Å². The van der Waals surface area contributed by atoms with Crippen LogP contribution in [0.4, 0.5) is 11.4 Å². The molecule has 3 N–H and O–H groups in total. The molecule has 0 spiro atoms. The molecular weight excluding hydrogens is 468 g/mol. The van der Waals surface area contributed by atoms with Crippen LogP contribution in [0.1, 0.15) is 80.3 Å². The van der Waals surface area contributed by atoms with Crippen LogP contribution in [-0.2, 0) is 15.6 Å². The van der Waals surface area contributed by atoms with Gasteiger partial charge in [-0.25, -0.2) is 4.79 Å². The first-order valence-electron chi connectivity index (χ1n) is 12.0. The largest absolute Gasteiger partial charge is 0.507 e. The number of nitrogens with one attached hydrogen (secondary N) is 2. The lowest BCUT2D eigenvalue weighted by Crippen LogP contribution is -2.20. The second kappa shape index (κ2) is 10.5. The van der Waals surface area contributed by atoms with Gasteiger partial charge >= 0.3 is 5.97 Å². The van der Waals surface area contributed by atoms with Crippen molar-refractivity contribution in [3.05, 3.63) is 82.9 Å². The molecule has 0 aliphatic carbocycles. The molecule has 0 aromatic heterocycles. The van der Waals surface area contributed by atoms with Gasteiger partial charge in [0.15, 0.2) is 0 Å². The highest BCUT2D eigenvalue weighted by molar-refractivity contribution is 6.05. The minimum absolute atomic E-state index is 0.188. The summed E-state index contributed by atoms with van der Waals surface area (Å²) < 4.78 is 5.39. The number of anilines is 2. The number of carbonyl (C=O) groups is 3. The lowest BCUT2D eigenvalue weighted by molar-refractivity contribution is -0.114. The minimum atomic E-state index is -0.548. The molecule has 0 heterocycles. The summed E-state index contributed by atoms with van der Waals surface area (Å²) >= 11 is 0. The Labute approximate surface area is 217 Å². The SMILES string of the molecule is CC(=O)Nc1ccc(OC(=O)c2ccc(NC(=O)c3cc(C(C)(C)C)c(O)c(C(C)(C)C)c3)cc2)cc1. The number of hydrogen-bond acceptors (Lipinski definition) is 5. The Morgan fingerprint density at radius 1 is 0.703 bits per heavy atom. The van der Waals surface area contributed by atoms with Gasteiger partial charge in [0.25, 0.3) is 5.91 Å². The van der Waals surface area contributed by atoms with Gasteiger partial charge in [-0.3, -0.25) is 9.59 Å². The monoisotopic (exact) mass is 502 g/mol. The highest BCUT2D eigenvalue weighted by Crippen LogP contribution is 2.40. The van der Waals surface area contributed by atoms with Crippen molar-refractivity contribution in [2.45, 2.75) is 59.3 Å². The number of phenols is 1. The summed E-state index contributed by atoms with van der Waals surface area (Å²) in [5, 5.41) is 16.4. The summed E-state index contributed by atoms with van der Waals surface area (Å²) in [5.41, 5.74) is 2.58. The maximum absolute atomic E-state index is 13.1. The number of rotatable bonds is 5. The van der Waals surface area contributed by atoms with E-state index in [1.54, 1.807) is 60.7 Å². The summed E-state index contributed by atoms with van der Waals surface area (Å²) in [6, 6.07) is 16.3. The van der Waals surface area contributed by atoms with Gasteiger partial charge in [-0.15, -0.1) is 0 Å². The molecule has 2 amide bonds. The number of carbonyl (C=O) groups excluding carboxylic acids is 3. The molecule has 0 aliphatic heterocycles. The normalized spacial score (nSPS) is 11.5. The molecule has 37 heavy (non-hydrogen) atoms. The molecule has 3 rings (SSSR count). The van der Waals surface area contributed by atoms with Gasteiger partial charge < -0.3 is 20.5 Å². The average molecular weight is 503 g/mol. The topological polar surface area (TPSA) is 105 Å². The van der Waals surface area contributed by atoms with Crippen LogP contribution in [0.2, 0.25) is 0 Å². The van der Waals surface area contributed by atoms with E-state index >= 15 is 0 Å². The van der Waals surface area contributed by atoms with Crippen LogP contribution in [0.3, 0.4) is 0 Å². The molecule has 194 valence electrons. The molecule has 0 radical (unpaired) electrons. The quantitative estimate of drug-likeness (QED) is 0.276. The van der Waals surface area contributed by atoms with E-state index in [-0.39, 0.29) is 28.4 Å². The molecule has 0 saturated heterocycles. The van der Waals surface area contributed by atoms with Crippen molar-refractivity contribution in [1.29, 1.82) is 0 Å². The molecule has 3 aromatic rings. The maximum Gasteiger partial charge on any atom is 0.343 e. The van der Waals surface area contributed by atoms with Crippen molar-refractivity contribution in [3.8, 4) is 11.5 Å². The zero-order valence-electron chi connectivity index (χ0n) is 22.4. The highest BCUT2D eigenvalue weighted by atomic mass is 16.5. The van der Waals surface area contributed by atoms with Gasteiger partial charge in [-0.1, -0.05) is 41.5 Å². The molecule has 0 saturated carbocycles. The second-order valence-electron chi connectivity index (χ2n) is 11.0. The Kier molecular flexibility index (Phi) is 7.77. The first-order valence-corrected chi connectivity index (χ1v) is 12.0. The first-order chi connectivity index (χ1) is 17.1. The lowest BCUT2D eigenvalue weighted by Gasteiger charge is -2.28. The van der Waals surface area contributed by atoms with E-state index in [0.29, 0.717) is 39.4 Å². The predicted molar refractivity (Wildman–Crippen MR) is 146 cm³/mol. The Bertz CT molecular complexity index is 1280. The fourth-order valence-corrected chi connectivity index (χ4v) is 3.78. The molecule has 0 atom stereocenters. The lowest BCUT2D eigenvalue weighted by atomic mass is 9.78. The number of ether oxygens (including phenoxy) is 1. The smallest absolute Gasteiger partial charge is 0.343 e. The van der Waals surface area contributed by atoms with E-state index in [1.807, 2.05) is 41.5 Å². The summed E-state index contributed by atoms with van der Waals surface area (Å²) in [7, 11) is 0. The standard InChI is InChI=1S/C30H34N2O5/c1-18(33)31-21-12-14-23(15-13-21)37-28(36)19-8-10-22(11-9-19)32-27(35)20-16-24(29(2,3)4)26(34)25(17-20)30(5,6)7/h8-17,34H,1-7H3,(H,31,33)(H,32,35). The maximum atomic E-state index is 13.1. The van der Waals surface area contributed by atoms with E-state index in [1.165, 1.54) is 6.92 Å². The third kappa shape index (κ3) is 6.97. The minimum Gasteiger partial charge on any atom is -0.507 e. The molecule has 0 unspecified atom stereocenters. The Morgan fingerprint density at radius 2 is 1.16 bits per heavy atom. The number of phenolic OH excluding ortho intramolecular Hbond substituents is 1. The van der Waals surface area contributed by atoms with Crippen molar-refractivity contribution in [3.63, 3.8) is 0 Å². The van der Waals surface area contributed by atoms with Crippen LogP contribution in [0.25, 0.3) is 0 Å². The highest BCUT2D eigenvalue weighted by Gasteiger charge is 2.28. The molecular formula is C30H34N2O5. The number of benzene rings is 3. The summed E-state index contributed by atoms with van der Waals surface area (Å²) in [6.07, 6.45) is 0. The van der Waals surface area contributed by atoms with Crippen molar-refractivity contribution in [2.24, 2.45) is 0 Å². The van der Waals surface area contributed by atoms with Crippen LogP contribution in [0.15, 0.2) is 60.7 Å². The van der Waals surface area contributed by atoms with Gasteiger partial charge in [0.2, 0.25) is 5.91 Å². The van der Waals surface area contributed by atoms with Gasteiger partial charge in [-0.2, -0.15) is 0 Å². The summed E-state index contributed by atoms with van der Waals surface area (Å²) in [4.78, 5) is 36.8. The molecule has 7 heteroatoms. The number of aromatic hydroxyl groups is 1. The summed E-state index contributed by atoms with van der Waals surface area (Å²) in [6.45, 7) is 13.4. The van der Waals surface area contributed by atoms with Gasteiger partial charge in [0, 0.05) is 35.0 Å². The van der Waals surface area contributed by atoms with Crippen molar-refractivity contribution in [1.82, 2.24) is 0 Å². The van der Waals surface area contributed by atoms with Crippen molar-refractivity contribution >= 4 is 29.2 Å². The molecule has 0 aliphatic rings. The van der Waals surface area contributed by atoms with Crippen LogP contribution in [0.5, 0.6) is 11.5 Å². The zero-order valence-corrected chi connectivity index (χ0v) is 22.4. The molecule has 0 fully saturated rings. The second-order valence-corrected chi connectivity index (χ2v) is 11.0. The van der Waals surface area contributed by atoms with Crippen LogP contribution < -0.4 is 15.4 Å². The Hall–Kier alpha value is -4.13. The summed E-state index contributed by atoms with van der Waals surface area (Å²) in [5.74, 6) is -0.497. The predicted octanol–water partition coefficient (Wildman–Crippen LogP) is 6.42. The van der Waals surface area contributed by atoms with Crippen molar-refractivity contribution in [2.75, 3.05) is 10.6 Å². The Balaban J connectivity index is 1.75. The molecule has 0 bridgehead atoms.